The van der Waals surface area contributed by atoms with Crippen LogP contribution in [0.25, 0.3) is 0 Å². The van der Waals surface area contributed by atoms with Crippen molar-refractivity contribution in [2.75, 3.05) is 12.9 Å². The van der Waals surface area contributed by atoms with Crippen LogP contribution in [0.4, 0.5) is 0 Å². The Labute approximate surface area is 149 Å². The molecule has 8 heteroatoms. The highest BCUT2D eigenvalue weighted by Crippen LogP contribution is 2.13. The van der Waals surface area contributed by atoms with Crippen molar-refractivity contribution in [3.8, 4) is 0 Å². The second-order valence-electron chi connectivity index (χ2n) is 5.13. The van der Waals surface area contributed by atoms with Gasteiger partial charge in [-0.05, 0) is 37.6 Å². The molecule has 0 saturated carbocycles. The highest BCUT2D eigenvalue weighted by Gasteiger charge is 2.06. The zero-order valence-corrected chi connectivity index (χ0v) is 15.0. The number of rotatable bonds is 6. The number of hydrazone groups is 1. The number of aryl methyl sites for hydroxylation is 2. The van der Waals surface area contributed by atoms with Crippen molar-refractivity contribution in [1.29, 1.82) is 0 Å². The fraction of sp³-hybridized carbons (Fsp3) is 0.235. The van der Waals surface area contributed by atoms with Crippen LogP contribution in [0.15, 0.2) is 40.6 Å². The molecule has 2 rings (SSSR count). The van der Waals surface area contributed by atoms with E-state index in [0.29, 0.717) is 10.7 Å². The molecule has 0 radical (unpaired) electrons. The molecule has 1 heterocycles. The number of ether oxygens (including phenoxy) is 1. The molecule has 0 aliphatic heterocycles. The Kier molecular flexibility index (Phi) is 6.64. The fourth-order valence-corrected chi connectivity index (χ4v) is 2.66. The summed E-state index contributed by atoms with van der Waals surface area (Å²) in [5.41, 5.74) is 5.37. The molecular weight excluding hydrogens is 340 g/mol. The first-order valence-corrected chi connectivity index (χ1v) is 8.42. The molecule has 0 unspecified atom stereocenters. The molecule has 1 aromatic heterocycles. The molecule has 1 aromatic carbocycles. The lowest BCUT2D eigenvalue weighted by atomic mass is 10.1. The van der Waals surface area contributed by atoms with Crippen LogP contribution in [0.3, 0.4) is 0 Å². The fourth-order valence-electron chi connectivity index (χ4n) is 1.92. The first-order valence-electron chi connectivity index (χ1n) is 7.43. The quantitative estimate of drug-likeness (QED) is 0.279. The van der Waals surface area contributed by atoms with Gasteiger partial charge in [-0.1, -0.05) is 23.9 Å². The van der Waals surface area contributed by atoms with Gasteiger partial charge in [0.1, 0.15) is 0 Å². The molecule has 1 N–H and O–H groups in total. The van der Waals surface area contributed by atoms with E-state index >= 15 is 0 Å². The number of aromatic nitrogens is 2. The van der Waals surface area contributed by atoms with Gasteiger partial charge in [0.05, 0.1) is 24.6 Å². The Morgan fingerprint density at radius 3 is 2.44 bits per heavy atom. The monoisotopic (exact) mass is 358 g/mol. The molecule has 2 aromatic rings. The smallest absolute Gasteiger partial charge is 0.337 e. The summed E-state index contributed by atoms with van der Waals surface area (Å²) in [5.74, 6) is -0.487. The van der Waals surface area contributed by atoms with Gasteiger partial charge in [0.2, 0.25) is 0 Å². The van der Waals surface area contributed by atoms with Crippen LogP contribution in [0.1, 0.15) is 27.3 Å². The number of hydrogen-bond acceptors (Lipinski definition) is 7. The van der Waals surface area contributed by atoms with Crippen molar-refractivity contribution in [3.05, 3.63) is 52.8 Å². The number of benzene rings is 1. The molecule has 0 bridgehead atoms. The van der Waals surface area contributed by atoms with Crippen molar-refractivity contribution >= 4 is 29.9 Å². The van der Waals surface area contributed by atoms with Crippen molar-refractivity contribution in [2.24, 2.45) is 5.10 Å². The van der Waals surface area contributed by atoms with E-state index in [-0.39, 0.29) is 11.7 Å². The van der Waals surface area contributed by atoms with Crippen LogP contribution in [0.2, 0.25) is 0 Å². The average molecular weight is 358 g/mol. The van der Waals surface area contributed by atoms with Crippen molar-refractivity contribution in [3.63, 3.8) is 0 Å². The second-order valence-corrected chi connectivity index (χ2v) is 6.07. The summed E-state index contributed by atoms with van der Waals surface area (Å²) >= 11 is 1.25. The summed E-state index contributed by atoms with van der Waals surface area (Å²) in [6.45, 7) is 3.77. The predicted octanol–water partition coefficient (Wildman–Crippen LogP) is 2.12. The molecular formula is C17H18N4O3S. The van der Waals surface area contributed by atoms with Gasteiger partial charge in [0.25, 0.3) is 5.91 Å². The van der Waals surface area contributed by atoms with E-state index in [0.717, 1.165) is 17.0 Å². The molecule has 25 heavy (non-hydrogen) atoms. The van der Waals surface area contributed by atoms with Gasteiger partial charge in [0.15, 0.2) is 5.16 Å². The predicted molar refractivity (Wildman–Crippen MR) is 95.7 cm³/mol. The maximum Gasteiger partial charge on any atom is 0.337 e. The summed E-state index contributed by atoms with van der Waals surface area (Å²) in [7, 11) is 1.33. The van der Waals surface area contributed by atoms with E-state index in [4.69, 9.17) is 0 Å². The van der Waals surface area contributed by atoms with Crippen molar-refractivity contribution in [1.82, 2.24) is 15.4 Å². The molecule has 0 atom stereocenters. The first kappa shape index (κ1) is 18.6. The van der Waals surface area contributed by atoms with E-state index in [1.165, 1.54) is 25.1 Å². The third-order valence-electron chi connectivity index (χ3n) is 3.03. The summed E-state index contributed by atoms with van der Waals surface area (Å²) in [4.78, 5) is 31.6. The zero-order valence-electron chi connectivity index (χ0n) is 14.1. The standard InChI is InChI=1S/C17H18N4O3S/c1-11-8-12(2)20-17(19-11)25-10-15(22)21-18-9-13-4-6-14(7-5-13)16(23)24-3/h4-9H,10H2,1-3H3,(H,21,22). The van der Waals surface area contributed by atoms with Crippen LogP contribution in [-0.4, -0.2) is 40.9 Å². The number of carbonyl (C=O) groups is 2. The molecule has 0 spiro atoms. The SMILES string of the molecule is COC(=O)c1ccc(C=NNC(=O)CSc2nc(C)cc(C)n2)cc1. The highest BCUT2D eigenvalue weighted by molar-refractivity contribution is 7.99. The van der Waals surface area contributed by atoms with E-state index in [1.807, 2.05) is 19.9 Å². The zero-order chi connectivity index (χ0) is 18.2. The van der Waals surface area contributed by atoms with E-state index < -0.39 is 5.97 Å². The Balaban J connectivity index is 1.82. The van der Waals surface area contributed by atoms with Gasteiger partial charge in [-0.25, -0.2) is 20.2 Å². The molecule has 0 fully saturated rings. The highest BCUT2D eigenvalue weighted by atomic mass is 32.2. The lowest BCUT2D eigenvalue weighted by molar-refractivity contribution is -0.118. The molecule has 7 nitrogen and oxygen atoms in total. The molecule has 0 aliphatic carbocycles. The lowest BCUT2D eigenvalue weighted by Gasteiger charge is -2.02. The number of methoxy groups -OCH3 is 1. The Morgan fingerprint density at radius 2 is 1.84 bits per heavy atom. The molecule has 1 amide bonds. The van der Waals surface area contributed by atoms with Crippen LogP contribution >= 0.6 is 11.8 Å². The van der Waals surface area contributed by atoms with Gasteiger partial charge >= 0.3 is 5.97 Å². The van der Waals surface area contributed by atoms with Gasteiger partial charge < -0.3 is 4.74 Å². The molecule has 0 aliphatic rings. The van der Waals surface area contributed by atoms with Gasteiger partial charge in [-0.2, -0.15) is 5.10 Å². The summed E-state index contributed by atoms with van der Waals surface area (Å²) in [6.07, 6.45) is 1.50. The largest absolute Gasteiger partial charge is 0.465 e. The second kappa shape index (κ2) is 8.93. The summed E-state index contributed by atoms with van der Waals surface area (Å²) in [6, 6.07) is 8.55. The summed E-state index contributed by atoms with van der Waals surface area (Å²) < 4.78 is 4.62. The van der Waals surface area contributed by atoms with E-state index in [1.54, 1.807) is 24.3 Å². The van der Waals surface area contributed by atoms with E-state index in [2.05, 4.69) is 25.2 Å². The third-order valence-corrected chi connectivity index (χ3v) is 3.88. The maximum absolute atomic E-state index is 11.8. The maximum atomic E-state index is 11.8. The van der Waals surface area contributed by atoms with Crippen molar-refractivity contribution < 1.29 is 14.3 Å². The van der Waals surface area contributed by atoms with Crippen LogP contribution in [0.5, 0.6) is 0 Å². The lowest BCUT2D eigenvalue weighted by Crippen LogP contribution is -2.19. The number of carbonyl (C=O) groups excluding carboxylic acids is 2. The van der Waals surface area contributed by atoms with E-state index in [9.17, 15) is 9.59 Å². The number of nitrogens with one attached hydrogen (secondary N) is 1. The third kappa shape index (κ3) is 6.00. The number of nitrogens with zero attached hydrogens (tertiary/aromatic N) is 3. The molecule has 0 saturated heterocycles. The Hall–Kier alpha value is -2.74. The molecule has 130 valence electrons. The van der Waals surface area contributed by atoms with Crippen molar-refractivity contribution in [2.45, 2.75) is 19.0 Å². The van der Waals surface area contributed by atoms with Gasteiger partial charge in [0, 0.05) is 11.4 Å². The van der Waals surface area contributed by atoms with Crippen LogP contribution in [-0.2, 0) is 9.53 Å². The number of amides is 1. The average Bonchev–Trinajstić information content (AvgIpc) is 2.59. The number of thioether (sulfide) groups is 1. The minimum atomic E-state index is -0.401. The summed E-state index contributed by atoms with van der Waals surface area (Å²) in [5, 5.41) is 4.45. The minimum absolute atomic E-state index is 0.168. The minimum Gasteiger partial charge on any atom is -0.465 e. The topological polar surface area (TPSA) is 93.5 Å². The number of hydrogen-bond donors (Lipinski definition) is 1. The van der Waals surface area contributed by atoms with Gasteiger partial charge in [-0.3, -0.25) is 4.79 Å². The normalized spacial score (nSPS) is 10.7. The number of esters is 1. The van der Waals surface area contributed by atoms with Crippen LogP contribution in [0, 0.1) is 13.8 Å². The van der Waals surface area contributed by atoms with Gasteiger partial charge in [-0.15, -0.1) is 0 Å². The Morgan fingerprint density at radius 1 is 1.20 bits per heavy atom. The Bertz CT molecular complexity index is 771. The first-order chi connectivity index (χ1) is 12.0. The van der Waals surface area contributed by atoms with Crippen LogP contribution < -0.4 is 5.43 Å².